The molecule has 0 unspecified atom stereocenters. The van der Waals surface area contributed by atoms with Gasteiger partial charge in [0.05, 0.1) is 5.60 Å². The zero-order chi connectivity index (χ0) is 14.9. The molecule has 0 amide bonds. The van der Waals surface area contributed by atoms with Crippen molar-refractivity contribution in [1.29, 1.82) is 0 Å². The molecule has 2 aliphatic rings. The highest BCUT2D eigenvalue weighted by Crippen LogP contribution is 2.31. The average Bonchev–Trinajstić information content (AvgIpc) is 2.85. The van der Waals surface area contributed by atoms with Crippen LogP contribution in [0, 0.1) is 12.8 Å². The van der Waals surface area contributed by atoms with E-state index in [0.29, 0.717) is 5.92 Å². The minimum atomic E-state index is 0.0672. The van der Waals surface area contributed by atoms with Crippen molar-refractivity contribution in [3.05, 3.63) is 11.6 Å². The molecule has 2 fully saturated rings. The molecular formula is C16H28N4O. The molecule has 0 bridgehead atoms. The summed E-state index contributed by atoms with van der Waals surface area (Å²) in [5.41, 5.74) is 0.0672. The molecule has 3 heterocycles. The second kappa shape index (κ2) is 6.05. The Morgan fingerprint density at radius 3 is 2.67 bits per heavy atom. The molecule has 1 N–H and O–H groups in total. The third kappa shape index (κ3) is 3.83. The van der Waals surface area contributed by atoms with Gasteiger partial charge in [0.1, 0.15) is 5.82 Å². The standard InChI is InChI=1S/C16H28N4O/c1-12-17-15(19-18-12)14-4-7-20(8-5-14)11-13-6-9-21-16(2,3)10-13/h13-14H,4-11H2,1-3H3,(H,17,18,19)/t13-/m0/s1. The van der Waals surface area contributed by atoms with E-state index in [1.807, 2.05) is 6.92 Å². The molecule has 0 aromatic carbocycles. The van der Waals surface area contributed by atoms with Crippen molar-refractivity contribution in [3.63, 3.8) is 0 Å². The molecule has 2 aliphatic heterocycles. The lowest BCUT2D eigenvalue weighted by atomic mass is 9.87. The van der Waals surface area contributed by atoms with Gasteiger partial charge in [-0.2, -0.15) is 5.10 Å². The lowest BCUT2D eigenvalue weighted by Gasteiger charge is -2.39. The maximum Gasteiger partial charge on any atom is 0.153 e. The Kier molecular flexibility index (Phi) is 4.31. The van der Waals surface area contributed by atoms with E-state index < -0.39 is 0 Å². The van der Waals surface area contributed by atoms with Gasteiger partial charge in [-0.3, -0.25) is 5.10 Å². The minimum absolute atomic E-state index is 0.0672. The van der Waals surface area contributed by atoms with E-state index >= 15 is 0 Å². The van der Waals surface area contributed by atoms with Crippen LogP contribution in [0.3, 0.4) is 0 Å². The van der Waals surface area contributed by atoms with E-state index in [-0.39, 0.29) is 5.60 Å². The average molecular weight is 292 g/mol. The summed E-state index contributed by atoms with van der Waals surface area (Å²) in [5, 5.41) is 7.29. The maximum atomic E-state index is 5.82. The fourth-order valence-electron chi connectivity index (χ4n) is 3.80. The first-order valence-corrected chi connectivity index (χ1v) is 8.27. The minimum Gasteiger partial charge on any atom is -0.376 e. The van der Waals surface area contributed by atoms with Crippen molar-refractivity contribution in [2.45, 2.75) is 58.0 Å². The number of piperidine rings is 1. The zero-order valence-electron chi connectivity index (χ0n) is 13.6. The molecule has 21 heavy (non-hydrogen) atoms. The number of hydrogen-bond donors (Lipinski definition) is 1. The molecule has 0 saturated carbocycles. The fraction of sp³-hybridized carbons (Fsp3) is 0.875. The van der Waals surface area contributed by atoms with Crippen LogP contribution < -0.4 is 0 Å². The predicted octanol–water partition coefficient (Wildman–Crippen LogP) is 2.50. The largest absolute Gasteiger partial charge is 0.376 e. The Balaban J connectivity index is 1.47. The van der Waals surface area contributed by atoms with Gasteiger partial charge in [-0.1, -0.05) is 0 Å². The van der Waals surface area contributed by atoms with Gasteiger partial charge in [0.15, 0.2) is 5.82 Å². The molecule has 3 rings (SSSR count). The smallest absolute Gasteiger partial charge is 0.153 e. The van der Waals surface area contributed by atoms with Crippen LogP contribution in [0.2, 0.25) is 0 Å². The summed E-state index contributed by atoms with van der Waals surface area (Å²) in [5.74, 6) is 3.27. The van der Waals surface area contributed by atoms with Crippen molar-refractivity contribution in [3.8, 4) is 0 Å². The summed E-state index contributed by atoms with van der Waals surface area (Å²) in [6.07, 6.45) is 4.77. The summed E-state index contributed by atoms with van der Waals surface area (Å²) in [6.45, 7) is 10.9. The number of nitrogens with zero attached hydrogens (tertiary/aromatic N) is 3. The zero-order valence-corrected chi connectivity index (χ0v) is 13.6. The van der Waals surface area contributed by atoms with E-state index in [1.165, 1.54) is 45.3 Å². The lowest BCUT2D eigenvalue weighted by Crippen LogP contribution is -2.42. The lowest BCUT2D eigenvalue weighted by molar-refractivity contribution is -0.0775. The third-order valence-corrected chi connectivity index (χ3v) is 4.88. The third-order valence-electron chi connectivity index (χ3n) is 4.88. The van der Waals surface area contributed by atoms with Crippen molar-refractivity contribution < 1.29 is 4.74 Å². The van der Waals surface area contributed by atoms with E-state index in [1.54, 1.807) is 0 Å². The number of H-pyrrole nitrogens is 1. The summed E-state index contributed by atoms with van der Waals surface area (Å²) in [4.78, 5) is 7.12. The quantitative estimate of drug-likeness (QED) is 0.930. The van der Waals surface area contributed by atoms with Crippen molar-refractivity contribution in [1.82, 2.24) is 20.1 Å². The first-order valence-electron chi connectivity index (χ1n) is 8.27. The highest BCUT2D eigenvalue weighted by molar-refractivity contribution is 4.99. The SMILES string of the molecule is Cc1nc(C2CCN(C[C@H]3CCOC(C)(C)C3)CC2)n[nH]1. The number of aromatic nitrogens is 3. The number of hydrogen-bond acceptors (Lipinski definition) is 4. The van der Waals surface area contributed by atoms with Gasteiger partial charge in [-0.25, -0.2) is 4.98 Å². The summed E-state index contributed by atoms with van der Waals surface area (Å²) >= 11 is 0. The Morgan fingerprint density at radius 2 is 2.05 bits per heavy atom. The molecule has 0 spiro atoms. The number of nitrogens with one attached hydrogen (secondary N) is 1. The van der Waals surface area contributed by atoms with Gasteiger partial charge in [0, 0.05) is 19.1 Å². The van der Waals surface area contributed by atoms with Gasteiger partial charge < -0.3 is 9.64 Å². The number of aromatic amines is 1. The van der Waals surface area contributed by atoms with E-state index in [4.69, 9.17) is 4.74 Å². The van der Waals surface area contributed by atoms with Crippen molar-refractivity contribution in [2.24, 2.45) is 5.92 Å². The molecule has 2 saturated heterocycles. The number of ether oxygens (including phenoxy) is 1. The predicted molar refractivity (Wildman–Crippen MR) is 82.3 cm³/mol. The molecule has 1 aromatic heterocycles. The molecule has 1 aromatic rings. The summed E-state index contributed by atoms with van der Waals surface area (Å²) < 4.78 is 5.82. The highest BCUT2D eigenvalue weighted by Gasteiger charge is 2.31. The van der Waals surface area contributed by atoms with Crippen LogP contribution >= 0.6 is 0 Å². The van der Waals surface area contributed by atoms with Crippen molar-refractivity contribution in [2.75, 3.05) is 26.2 Å². The Morgan fingerprint density at radius 1 is 1.29 bits per heavy atom. The van der Waals surface area contributed by atoms with Crippen LogP contribution in [0.25, 0.3) is 0 Å². The van der Waals surface area contributed by atoms with Crippen LogP contribution in [0.1, 0.15) is 57.1 Å². The number of likely N-dealkylation sites (tertiary alicyclic amines) is 1. The van der Waals surface area contributed by atoms with Crippen LogP contribution in [0.5, 0.6) is 0 Å². The highest BCUT2D eigenvalue weighted by atomic mass is 16.5. The Bertz CT molecular complexity index is 463. The van der Waals surface area contributed by atoms with Gasteiger partial charge in [-0.15, -0.1) is 0 Å². The topological polar surface area (TPSA) is 54.0 Å². The van der Waals surface area contributed by atoms with E-state index in [2.05, 4.69) is 33.9 Å². The fourth-order valence-corrected chi connectivity index (χ4v) is 3.80. The number of aryl methyl sites for hydroxylation is 1. The van der Waals surface area contributed by atoms with Crippen molar-refractivity contribution >= 4 is 0 Å². The first-order chi connectivity index (χ1) is 10.0. The van der Waals surface area contributed by atoms with E-state index in [9.17, 15) is 0 Å². The van der Waals surface area contributed by atoms with Gasteiger partial charge in [0.25, 0.3) is 0 Å². The molecular weight excluding hydrogens is 264 g/mol. The second-order valence-electron chi connectivity index (χ2n) is 7.32. The van der Waals surface area contributed by atoms with Gasteiger partial charge in [-0.05, 0) is 65.5 Å². The molecule has 5 heteroatoms. The van der Waals surface area contributed by atoms with Gasteiger partial charge >= 0.3 is 0 Å². The summed E-state index contributed by atoms with van der Waals surface area (Å²) in [6, 6.07) is 0. The van der Waals surface area contributed by atoms with Crippen LogP contribution in [-0.2, 0) is 4.74 Å². The first kappa shape index (κ1) is 15.0. The Labute approximate surface area is 127 Å². The molecule has 5 nitrogen and oxygen atoms in total. The van der Waals surface area contributed by atoms with E-state index in [0.717, 1.165) is 24.2 Å². The second-order valence-corrected chi connectivity index (χ2v) is 7.32. The monoisotopic (exact) mass is 292 g/mol. The maximum absolute atomic E-state index is 5.82. The molecule has 1 atom stereocenters. The normalized spacial score (nSPS) is 27.9. The molecule has 0 aliphatic carbocycles. The molecule has 118 valence electrons. The molecule has 0 radical (unpaired) electrons. The van der Waals surface area contributed by atoms with Gasteiger partial charge in [0.2, 0.25) is 0 Å². The summed E-state index contributed by atoms with van der Waals surface area (Å²) in [7, 11) is 0. The van der Waals surface area contributed by atoms with Crippen LogP contribution in [-0.4, -0.2) is 51.9 Å². The number of rotatable bonds is 3. The van der Waals surface area contributed by atoms with Crippen LogP contribution in [0.4, 0.5) is 0 Å². The Hall–Kier alpha value is -0.940. The van der Waals surface area contributed by atoms with Crippen LogP contribution in [0.15, 0.2) is 0 Å².